The van der Waals surface area contributed by atoms with Gasteiger partial charge in [0.25, 0.3) is 0 Å². The van der Waals surface area contributed by atoms with E-state index in [0.717, 1.165) is 25.3 Å². The molecule has 2 rings (SSSR count). The minimum atomic E-state index is -0.559. The van der Waals surface area contributed by atoms with Crippen molar-refractivity contribution in [3.05, 3.63) is 35.4 Å². The topological polar surface area (TPSA) is 23.5 Å². The summed E-state index contributed by atoms with van der Waals surface area (Å²) in [5.74, 6) is -0.672. The van der Waals surface area contributed by atoms with Crippen LogP contribution in [0.4, 0.5) is 8.78 Å². The van der Waals surface area contributed by atoms with Crippen LogP contribution in [0.1, 0.15) is 37.8 Å². The summed E-state index contributed by atoms with van der Waals surface area (Å²) in [6.45, 7) is 2.49. The molecule has 19 heavy (non-hydrogen) atoms. The van der Waals surface area contributed by atoms with Crippen molar-refractivity contribution in [2.45, 2.75) is 38.3 Å². The molecule has 0 amide bonds. The molecular weight excluding hydrogens is 248 g/mol. The van der Waals surface area contributed by atoms with Crippen LogP contribution in [0, 0.1) is 17.6 Å². The fraction of sp³-hybridized carbons (Fsp3) is 0.600. The normalized spacial score (nSPS) is 18.6. The summed E-state index contributed by atoms with van der Waals surface area (Å²) in [5.41, 5.74) is 0.495. The number of aliphatic hydroxyl groups excluding tert-OH is 1. The summed E-state index contributed by atoms with van der Waals surface area (Å²) in [4.78, 5) is 1.96. The zero-order valence-electron chi connectivity index (χ0n) is 11.4. The molecule has 0 aromatic heterocycles. The van der Waals surface area contributed by atoms with Crippen molar-refractivity contribution < 1.29 is 13.9 Å². The summed E-state index contributed by atoms with van der Waals surface area (Å²) in [6, 6.07) is 3.57. The highest BCUT2D eigenvalue weighted by Crippen LogP contribution is 2.34. The van der Waals surface area contributed by atoms with Crippen LogP contribution in [0.25, 0.3) is 0 Å². The first-order chi connectivity index (χ1) is 9.02. The smallest absolute Gasteiger partial charge is 0.130 e. The lowest BCUT2D eigenvalue weighted by molar-refractivity contribution is 0.0854. The van der Waals surface area contributed by atoms with Gasteiger partial charge in [-0.2, -0.15) is 0 Å². The molecule has 2 nitrogen and oxygen atoms in total. The van der Waals surface area contributed by atoms with Gasteiger partial charge in [0.2, 0.25) is 0 Å². The van der Waals surface area contributed by atoms with Crippen LogP contribution in [0.3, 0.4) is 0 Å². The second kappa shape index (κ2) is 5.97. The summed E-state index contributed by atoms with van der Waals surface area (Å²) >= 11 is 0. The lowest BCUT2D eigenvalue weighted by Crippen LogP contribution is -2.33. The van der Waals surface area contributed by atoms with Crippen molar-refractivity contribution in [1.29, 1.82) is 0 Å². The molecule has 1 N–H and O–H groups in total. The number of halogens is 2. The van der Waals surface area contributed by atoms with Crippen molar-refractivity contribution >= 4 is 0 Å². The maximum Gasteiger partial charge on any atom is 0.130 e. The highest BCUT2D eigenvalue weighted by molar-refractivity contribution is 5.22. The zero-order chi connectivity index (χ0) is 14.0. The molecule has 4 heteroatoms. The number of benzene rings is 1. The molecule has 0 bridgehead atoms. The lowest BCUT2D eigenvalue weighted by Gasteiger charge is -2.29. The highest BCUT2D eigenvalue weighted by Gasteiger charge is 2.31. The van der Waals surface area contributed by atoms with Gasteiger partial charge in [-0.3, -0.25) is 4.90 Å². The zero-order valence-corrected chi connectivity index (χ0v) is 11.4. The first-order valence-electron chi connectivity index (χ1n) is 6.86. The molecule has 1 aromatic rings. The highest BCUT2D eigenvalue weighted by atomic mass is 19.1. The Labute approximate surface area is 113 Å². The molecule has 1 aromatic carbocycles. The van der Waals surface area contributed by atoms with E-state index in [2.05, 4.69) is 0 Å². The van der Waals surface area contributed by atoms with Crippen LogP contribution < -0.4 is 0 Å². The number of hydrogen-bond acceptors (Lipinski definition) is 2. The van der Waals surface area contributed by atoms with E-state index in [0.29, 0.717) is 18.0 Å². The van der Waals surface area contributed by atoms with Crippen LogP contribution in [-0.2, 0) is 0 Å². The molecule has 0 radical (unpaired) electrons. The largest absolute Gasteiger partial charge is 0.392 e. The Morgan fingerprint density at radius 3 is 2.58 bits per heavy atom. The Bertz CT molecular complexity index is 434. The van der Waals surface area contributed by atoms with Gasteiger partial charge in [0.05, 0.1) is 6.10 Å². The lowest BCUT2D eigenvalue weighted by atomic mass is 10.0. The van der Waals surface area contributed by atoms with E-state index in [4.69, 9.17) is 0 Å². The molecule has 1 aliphatic rings. The standard InChI is InChI=1S/C15H21F2NO/c1-3-14(12-7-6-11(16)8-13(12)17)18(2)9-15(19)10-4-5-10/h6-8,10,14-15,19H,3-5,9H2,1-2H3. The second-order valence-corrected chi connectivity index (χ2v) is 5.43. The second-order valence-electron chi connectivity index (χ2n) is 5.43. The number of hydrogen-bond donors (Lipinski definition) is 1. The third kappa shape index (κ3) is 3.51. The summed E-state index contributed by atoms with van der Waals surface area (Å²) in [7, 11) is 1.88. The minimum Gasteiger partial charge on any atom is -0.392 e. The van der Waals surface area contributed by atoms with Crippen molar-refractivity contribution in [3.8, 4) is 0 Å². The van der Waals surface area contributed by atoms with Gasteiger partial charge >= 0.3 is 0 Å². The third-order valence-electron chi connectivity index (χ3n) is 3.88. The molecule has 2 atom stereocenters. The predicted molar refractivity (Wildman–Crippen MR) is 70.8 cm³/mol. The molecule has 1 saturated carbocycles. The van der Waals surface area contributed by atoms with E-state index in [1.807, 2.05) is 18.9 Å². The van der Waals surface area contributed by atoms with Crippen LogP contribution in [0.2, 0.25) is 0 Å². The molecule has 0 saturated heterocycles. The van der Waals surface area contributed by atoms with Gasteiger partial charge < -0.3 is 5.11 Å². The molecule has 0 spiro atoms. The Balaban J connectivity index is 2.09. The number of likely N-dealkylation sites (N-methyl/N-ethyl adjacent to an activating group) is 1. The van der Waals surface area contributed by atoms with Crippen LogP contribution in [0.15, 0.2) is 18.2 Å². The van der Waals surface area contributed by atoms with Crippen molar-refractivity contribution in [3.63, 3.8) is 0 Å². The molecule has 2 unspecified atom stereocenters. The van der Waals surface area contributed by atoms with E-state index < -0.39 is 11.6 Å². The van der Waals surface area contributed by atoms with Gasteiger partial charge in [0.1, 0.15) is 11.6 Å². The van der Waals surface area contributed by atoms with E-state index in [1.165, 1.54) is 12.1 Å². The van der Waals surface area contributed by atoms with Crippen molar-refractivity contribution in [1.82, 2.24) is 4.90 Å². The number of aliphatic hydroxyl groups is 1. The van der Waals surface area contributed by atoms with Gasteiger partial charge in [-0.05, 0) is 38.3 Å². The Morgan fingerprint density at radius 1 is 1.37 bits per heavy atom. The fourth-order valence-electron chi connectivity index (χ4n) is 2.59. The fourth-order valence-corrected chi connectivity index (χ4v) is 2.59. The summed E-state index contributed by atoms with van der Waals surface area (Å²) in [5, 5.41) is 9.97. The van der Waals surface area contributed by atoms with Gasteiger partial charge in [-0.1, -0.05) is 13.0 Å². The van der Waals surface area contributed by atoms with Crippen molar-refractivity contribution in [2.75, 3.05) is 13.6 Å². The van der Waals surface area contributed by atoms with E-state index in [1.54, 1.807) is 0 Å². The molecule has 106 valence electrons. The van der Waals surface area contributed by atoms with E-state index in [9.17, 15) is 13.9 Å². The monoisotopic (exact) mass is 269 g/mol. The average Bonchev–Trinajstić information content (AvgIpc) is 3.16. The van der Waals surface area contributed by atoms with E-state index >= 15 is 0 Å². The number of rotatable bonds is 6. The Morgan fingerprint density at radius 2 is 2.05 bits per heavy atom. The van der Waals surface area contributed by atoms with Gasteiger partial charge in [0, 0.05) is 24.2 Å². The van der Waals surface area contributed by atoms with Gasteiger partial charge in [-0.15, -0.1) is 0 Å². The third-order valence-corrected chi connectivity index (χ3v) is 3.88. The van der Waals surface area contributed by atoms with Gasteiger partial charge in [-0.25, -0.2) is 8.78 Å². The van der Waals surface area contributed by atoms with E-state index in [-0.39, 0.29) is 12.1 Å². The van der Waals surface area contributed by atoms with Crippen LogP contribution in [-0.4, -0.2) is 29.7 Å². The summed E-state index contributed by atoms with van der Waals surface area (Å²) in [6.07, 6.45) is 2.53. The first-order valence-corrected chi connectivity index (χ1v) is 6.86. The Hall–Kier alpha value is -1.00. The summed E-state index contributed by atoms with van der Waals surface area (Å²) < 4.78 is 26.8. The molecule has 0 aliphatic heterocycles. The average molecular weight is 269 g/mol. The first kappa shape index (κ1) is 14.4. The quantitative estimate of drug-likeness (QED) is 0.857. The SMILES string of the molecule is CCC(c1ccc(F)cc1F)N(C)CC(O)C1CC1. The maximum atomic E-state index is 13.8. The van der Waals surface area contributed by atoms with Crippen molar-refractivity contribution in [2.24, 2.45) is 5.92 Å². The number of nitrogens with zero attached hydrogens (tertiary/aromatic N) is 1. The van der Waals surface area contributed by atoms with Gasteiger partial charge in [0.15, 0.2) is 0 Å². The molecular formula is C15H21F2NO. The minimum absolute atomic E-state index is 0.131. The molecule has 1 aliphatic carbocycles. The predicted octanol–water partition coefficient (Wildman–Crippen LogP) is 3.12. The van der Waals surface area contributed by atoms with Crippen LogP contribution in [0.5, 0.6) is 0 Å². The molecule has 0 heterocycles. The maximum absolute atomic E-state index is 13.8. The Kier molecular flexibility index (Phi) is 4.53. The molecule has 1 fully saturated rings. The van der Waals surface area contributed by atoms with Crippen LogP contribution >= 0.6 is 0 Å².